The molecule has 0 spiro atoms. The van der Waals surface area contributed by atoms with Gasteiger partial charge in [-0.1, -0.05) is 38.1 Å². The minimum Gasteiger partial charge on any atom is -0.454 e. The Hall–Kier alpha value is -2.23. The molecular formula is C17H21NO3. The quantitative estimate of drug-likeness (QED) is 0.646. The lowest BCUT2D eigenvalue weighted by Crippen LogP contribution is -2.23. The number of carbonyl (C=O) groups is 1. The third kappa shape index (κ3) is 4.99. The van der Waals surface area contributed by atoms with E-state index in [1.807, 2.05) is 30.4 Å². The fourth-order valence-electron chi connectivity index (χ4n) is 1.87. The third-order valence-electron chi connectivity index (χ3n) is 3.06. The summed E-state index contributed by atoms with van der Waals surface area (Å²) in [6.45, 7) is 5.26. The number of allylic oxidation sites excluding steroid dienone is 2. The van der Waals surface area contributed by atoms with Gasteiger partial charge < -0.3 is 14.8 Å². The van der Waals surface area contributed by atoms with Crippen LogP contribution in [0.2, 0.25) is 0 Å². The average Bonchev–Trinajstić information content (AvgIpc) is 2.90. The van der Waals surface area contributed by atoms with Crippen molar-refractivity contribution in [3.8, 4) is 11.5 Å². The molecule has 1 aromatic carbocycles. The Morgan fingerprint density at radius 1 is 1.29 bits per heavy atom. The van der Waals surface area contributed by atoms with Crippen molar-refractivity contribution in [1.82, 2.24) is 5.32 Å². The van der Waals surface area contributed by atoms with Gasteiger partial charge in [0.15, 0.2) is 11.5 Å². The SMILES string of the molecule is CC(C)CCNC(=O)/C=C/C=Cc1ccc2c(c1)OCO2. The molecule has 1 aliphatic rings. The number of hydrogen-bond donors (Lipinski definition) is 1. The third-order valence-corrected chi connectivity index (χ3v) is 3.06. The topological polar surface area (TPSA) is 47.6 Å². The van der Waals surface area contributed by atoms with Gasteiger partial charge in [-0.3, -0.25) is 4.79 Å². The smallest absolute Gasteiger partial charge is 0.243 e. The van der Waals surface area contributed by atoms with Gasteiger partial charge in [0.1, 0.15) is 0 Å². The van der Waals surface area contributed by atoms with Crippen LogP contribution in [0.5, 0.6) is 11.5 Å². The maximum Gasteiger partial charge on any atom is 0.243 e. The molecule has 0 unspecified atom stereocenters. The maximum absolute atomic E-state index is 11.5. The molecule has 0 atom stereocenters. The molecule has 4 nitrogen and oxygen atoms in total. The number of carbonyl (C=O) groups excluding carboxylic acids is 1. The second-order valence-corrected chi connectivity index (χ2v) is 5.30. The van der Waals surface area contributed by atoms with E-state index in [0.29, 0.717) is 12.5 Å². The summed E-state index contributed by atoms with van der Waals surface area (Å²) in [6, 6.07) is 5.74. The van der Waals surface area contributed by atoms with Crippen molar-refractivity contribution in [3.05, 3.63) is 42.0 Å². The molecule has 1 heterocycles. The van der Waals surface area contributed by atoms with E-state index in [2.05, 4.69) is 19.2 Å². The molecule has 1 N–H and O–H groups in total. The van der Waals surface area contributed by atoms with Gasteiger partial charge in [-0.25, -0.2) is 0 Å². The van der Waals surface area contributed by atoms with Crippen LogP contribution in [-0.4, -0.2) is 19.2 Å². The van der Waals surface area contributed by atoms with Gasteiger partial charge in [-0.2, -0.15) is 0 Å². The number of ether oxygens (including phenoxy) is 2. The Labute approximate surface area is 125 Å². The molecule has 0 saturated carbocycles. The van der Waals surface area contributed by atoms with Gasteiger partial charge >= 0.3 is 0 Å². The summed E-state index contributed by atoms with van der Waals surface area (Å²) in [5, 5.41) is 2.85. The number of rotatable bonds is 6. The normalized spacial score (nSPS) is 13.5. The molecule has 4 heteroatoms. The van der Waals surface area contributed by atoms with Crippen LogP contribution in [0.3, 0.4) is 0 Å². The standard InChI is InChI=1S/C17H21NO3/c1-13(2)9-10-18-17(19)6-4-3-5-14-7-8-15-16(11-14)21-12-20-15/h3-8,11,13H,9-10,12H2,1-2H3,(H,18,19)/b5-3?,6-4+. The lowest BCUT2D eigenvalue weighted by Gasteiger charge is -2.04. The van der Waals surface area contributed by atoms with Gasteiger partial charge in [0.25, 0.3) is 0 Å². The van der Waals surface area contributed by atoms with Crippen LogP contribution in [0.4, 0.5) is 0 Å². The molecule has 0 aromatic heterocycles. The van der Waals surface area contributed by atoms with Gasteiger partial charge in [0, 0.05) is 12.6 Å². The average molecular weight is 287 g/mol. The second-order valence-electron chi connectivity index (χ2n) is 5.30. The van der Waals surface area contributed by atoms with Crippen LogP contribution in [-0.2, 0) is 4.79 Å². The summed E-state index contributed by atoms with van der Waals surface area (Å²) in [4.78, 5) is 11.5. The Balaban J connectivity index is 1.79. The minimum atomic E-state index is -0.0639. The Kier molecular flexibility index (Phi) is 5.43. The molecule has 21 heavy (non-hydrogen) atoms. The van der Waals surface area contributed by atoms with Gasteiger partial charge in [-0.05, 0) is 30.0 Å². The zero-order valence-electron chi connectivity index (χ0n) is 12.5. The zero-order valence-corrected chi connectivity index (χ0v) is 12.5. The first kappa shape index (κ1) is 15.2. The van der Waals surface area contributed by atoms with Gasteiger partial charge in [-0.15, -0.1) is 0 Å². The van der Waals surface area contributed by atoms with E-state index >= 15 is 0 Å². The molecule has 0 bridgehead atoms. The maximum atomic E-state index is 11.5. The Morgan fingerprint density at radius 2 is 2.10 bits per heavy atom. The number of fused-ring (bicyclic) bond motifs is 1. The monoisotopic (exact) mass is 287 g/mol. The van der Waals surface area contributed by atoms with E-state index < -0.39 is 0 Å². The van der Waals surface area contributed by atoms with E-state index in [1.165, 1.54) is 6.08 Å². The van der Waals surface area contributed by atoms with Crippen molar-refractivity contribution < 1.29 is 14.3 Å². The molecule has 0 fully saturated rings. The Bertz CT molecular complexity index is 547. The fraction of sp³-hybridized carbons (Fsp3) is 0.353. The van der Waals surface area contributed by atoms with Crippen LogP contribution in [0.25, 0.3) is 6.08 Å². The predicted molar refractivity (Wildman–Crippen MR) is 83.2 cm³/mol. The molecule has 1 aromatic rings. The highest BCUT2D eigenvalue weighted by atomic mass is 16.7. The van der Waals surface area contributed by atoms with Gasteiger partial charge in [0.05, 0.1) is 0 Å². The highest BCUT2D eigenvalue weighted by Gasteiger charge is 2.11. The van der Waals surface area contributed by atoms with Crippen molar-refractivity contribution >= 4 is 12.0 Å². The van der Waals surface area contributed by atoms with Crippen molar-refractivity contribution in [2.75, 3.05) is 13.3 Å². The van der Waals surface area contributed by atoms with E-state index in [9.17, 15) is 4.79 Å². The number of amides is 1. The number of hydrogen-bond acceptors (Lipinski definition) is 3. The van der Waals surface area contributed by atoms with Crippen LogP contribution in [0.1, 0.15) is 25.8 Å². The van der Waals surface area contributed by atoms with Crippen LogP contribution in [0, 0.1) is 5.92 Å². The first-order chi connectivity index (χ1) is 10.1. The molecule has 1 amide bonds. The lowest BCUT2D eigenvalue weighted by atomic mass is 10.1. The molecule has 0 aliphatic carbocycles. The fourth-order valence-corrected chi connectivity index (χ4v) is 1.87. The van der Waals surface area contributed by atoms with Crippen molar-refractivity contribution in [1.29, 1.82) is 0 Å². The van der Waals surface area contributed by atoms with Crippen LogP contribution in [0.15, 0.2) is 36.4 Å². The minimum absolute atomic E-state index is 0.0639. The number of nitrogens with one attached hydrogen (secondary N) is 1. The van der Waals surface area contributed by atoms with Gasteiger partial charge in [0.2, 0.25) is 12.7 Å². The summed E-state index contributed by atoms with van der Waals surface area (Å²) < 4.78 is 10.6. The van der Waals surface area contributed by atoms with E-state index in [1.54, 1.807) is 6.08 Å². The van der Waals surface area contributed by atoms with E-state index in [4.69, 9.17) is 9.47 Å². The highest BCUT2D eigenvalue weighted by molar-refractivity contribution is 5.87. The summed E-state index contributed by atoms with van der Waals surface area (Å²) >= 11 is 0. The van der Waals surface area contributed by atoms with Crippen molar-refractivity contribution in [2.24, 2.45) is 5.92 Å². The first-order valence-electron chi connectivity index (χ1n) is 7.17. The van der Waals surface area contributed by atoms with Crippen molar-refractivity contribution in [3.63, 3.8) is 0 Å². The van der Waals surface area contributed by atoms with Crippen LogP contribution < -0.4 is 14.8 Å². The second kappa shape index (κ2) is 7.53. The number of benzene rings is 1. The van der Waals surface area contributed by atoms with Crippen LogP contribution >= 0.6 is 0 Å². The summed E-state index contributed by atoms with van der Waals surface area (Å²) in [5.41, 5.74) is 1.00. The molecular weight excluding hydrogens is 266 g/mol. The largest absolute Gasteiger partial charge is 0.454 e. The zero-order chi connectivity index (χ0) is 15.1. The highest BCUT2D eigenvalue weighted by Crippen LogP contribution is 2.32. The summed E-state index contributed by atoms with van der Waals surface area (Å²) in [5.74, 6) is 2.06. The summed E-state index contributed by atoms with van der Waals surface area (Å²) in [6.07, 6.45) is 8.01. The summed E-state index contributed by atoms with van der Waals surface area (Å²) in [7, 11) is 0. The molecule has 112 valence electrons. The first-order valence-corrected chi connectivity index (χ1v) is 7.17. The lowest BCUT2D eigenvalue weighted by molar-refractivity contribution is -0.116. The Morgan fingerprint density at radius 3 is 2.90 bits per heavy atom. The molecule has 2 rings (SSSR count). The van der Waals surface area contributed by atoms with E-state index in [-0.39, 0.29) is 12.7 Å². The van der Waals surface area contributed by atoms with E-state index in [0.717, 1.165) is 23.5 Å². The molecule has 0 radical (unpaired) electrons. The van der Waals surface area contributed by atoms with Crippen molar-refractivity contribution in [2.45, 2.75) is 20.3 Å². The molecule has 0 saturated heterocycles. The predicted octanol–water partition coefficient (Wildman–Crippen LogP) is 3.15. The molecule has 1 aliphatic heterocycles.